The monoisotopic (exact) mass is 299 g/mol. The van der Waals surface area contributed by atoms with Crippen LogP contribution in [0.1, 0.15) is 31.2 Å². The van der Waals surface area contributed by atoms with Gasteiger partial charge >= 0.3 is 0 Å². The van der Waals surface area contributed by atoms with Crippen LogP contribution in [0.25, 0.3) is 0 Å². The highest BCUT2D eigenvalue weighted by Gasteiger charge is 2.21. The molecule has 0 bridgehead atoms. The van der Waals surface area contributed by atoms with Gasteiger partial charge in [-0.25, -0.2) is 4.39 Å². The second-order valence-corrected chi connectivity index (χ2v) is 5.92. The van der Waals surface area contributed by atoms with E-state index in [4.69, 9.17) is 0 Å². The van der Waals surface area contributed by atoms with E-state index in [9.17, 15) is 4.39 Å². The van der Waals surface area contributed by atoms with Gasteiger partial charge in [0.2, 0.25) is 0 Å². The second kappa shape index (κ2) is 5.96. The van der Waals surface area contributed by atoms with Crippen molar-refractivity contribution in [2.45, 2.75) is 38.1 Å². The summed E-state index contributed by atoms with van der Waals surface area (Å²) in [6.45, 7) is 0. The minimum Gasteiger partial charge on any atom is -0.317 e. The summed E-state index contributed by atoms with van der Waals surface area (Å²) in [7, 11) is 2.00. The number of hydrogen-bond donors (Lipinski definition) is 1. The van der Waals surface area contributed by atoms with Crippen LogP contribution in [-0.4, -0.2) is 13.1 Å². The molecule has 1 unspecified atom stereocenters. The number of hydrogen-bond acceptors (Lipinski definition) is 1. The van der Waals surface area contributed by atoms with E-state index in [1.54, 1.807) is 6.07 Å². The Morgan fingerprint density at radius 2 is 2.18 bits per heavy atom. The van der Waals surface area contributed by atoms with Crippen LogP contribution in [0.4, 0.5) is 4.39 Å². The molecule has 0 spiro atoms. The highest BCUT2D eigenvalue weighted by atomic mass is 79.9. The third kappa shape index (κ3) is 3.78. The van der Waals surface area contributed by atoms with Gasteiger partial charge in [0.1, 0.15) is 5.82 Å². The van der Waals surface area contributed by atoms with Gasteiger partial charge < -0.3 is 5.32 Å². The van der Waals surface area contributed by atoms with Crippen molar-refractivity contribution in [2.24, 2.45) is 5.92 Å². The molecule has 1 atom stereocenters. The molecule has 1 aliphatic rings. The number of rotatable bonds is 5. The fourth-order valence-electron chi connectivity index (χ4n) is 2.45. The van der Waals surface area contributed by atoms with Crippen molar-refractivity contribution in [3.8, 4) is 0 Å². The van der Waals surface area contributed by atoms with E-state index in [0.29, 0.717) is 6.04 Å². The molecule has 94 valence electrons. The summed E-state index contributed by atoms with van der Waals surface area (Å²) in [5.41, 5.74) is 1.07. The van der Waals surface area contributed by atoms with E-state index in [-0.39, 0.29) is 5.82 Å². The summed E-state index contributed by atoms with van der Waals surface area (Å²) in [5, 5.41) is 3.35. The van der Waals surface area contributed by atoms with E-state index >= 15 is 0 Å². The first-order chi connectivity index (χ1) is 8.17. The number of benzene rings is 1. The Hall–Kier alpha value is -0.410. The van der Waals surface area contributed by atoms with Crippen LogP contribution in [0.2, 0.25) is 0 Å². The van der Waals surface area contributed by atoms with Crippen LogP contribution in [-0.2, 0) is 6.42 Å². The van der Waals surface area contributed by atoms with Gasteiger partial charge in [0.15, 0.2) is 0 Å². The summed E-state index contributed by atoms with van der Waals surface area (Å²) >= 11 is 3.34. The minimum atomic E-state index is -0.159. The Morgan fingerprint density at radius 1 is 1.41 bits per heavy atom. The van der Waals surface area contributed by atoms with Gasteiger partial charge in [0.05, 0.1) is 0 Å². The molecule has 1 fully saturated rings. The number of likely N-dealkylation sites (N-methyl/N-ethyl adjacent to an activating group) is 1. The first-order valence-electron chi connectivity index (χ1n) is 6.29. The lowest BCUT2D eigenvalue weighted by Gasteiger charge is -2.29. The van der Waals surface area contributed by atoms with Gasteiger partial charge in [0.25, 0.3) is 0 Å². The molecule has 0 aromatic heterocycles. The molecule has 1 aromatic rings. The first-order valence-corrected chi connectivity index (χ1v) is 7.09. The van der Waals surface area contributed by atoms with Gasteiger partial charge in [-0.15, -0.1) is 0 Å². The minimum absolute atomic E-state index is 0.159. The van der Waals surface area contributed by atoms with E-state index in [0.717, 1.165) is 22.4 Å². The highest BCUT2D eigenvalue weighted by molar-refractivity contribution is 9.10. The highest BCUT2D eigenvalue weighted by Crippen LogP contribution is 2.31. The van der Waals surface area contributed by atoms with E-state index in [1.807, 2.05) is 13.1 Å². The van der Waals surface area contributed by atoms with Gasteiger partial charge in [0, 0.05) is 10.5 Å². The molecular formula is C14H19BrFN. The van der Waals surface area contributed by atoms with Crippen molar-refractivity contribution in [3.63, 3.8) is 0 Å². The third-order valence-electron chi connectivity index (χ3n) is 3.66. The average molecular weight is 300 g/mol. The second-order valence-electron chi connectivity index (χ2n) is 5.00. The lowest BCUT2D eigenvalue weighted by Crippen LogP contribution is -2.32. The normalized spacial score (nSPS) is 17.8. The fourth-order valence-corrected chi connectivity index (χ4v) is 2.96. The van der Waals surface area contributed by atoms with Crippen molar-refractivity contribution in [1.29, 1.82) is 0 Å². The molecule has 0 amide bonds. The summed E-state index contributed by atoms with van der Waals surface area (Å²) in [4.78, 5) is 0. The third-order valence-corrected chi connectivity index (χ3v) is 4.11. The predicted octanol–water partition coefficient (Wildman–Crippen LogP) is 3.91. The molecule has 0 heterocycles. The molecule has 0 aliphatic heterocycles. The van der Waals surface area contributed by atoms with Crippen LogP contribution < -0.4 is 5.32 Å². The molecule has 1 aliphatic carbocycles. The zero-order valence-electron chi connectivity index (χ0n) is 10.2. The van der Waals surface area contributed by atoms with Gasteiger partial charge in [-0.1, -0.05) is 35.2 Å². The van der Waals surface area contributed by atoms with Crippen molar-refractivity contribution in [1.82, 2.24) is 5.32 Å². The lowest BCUT2D eigenvalue weighted by atomic mass is 9.80. The van der Waals surface area contributed by atoms with Crippen LogP contribution in [0.3, 0.4) is 0 Å². The Kier molecular flexibility index (Phi) is 4.57. The predicted molar refractivity (Wildman–Crippen MR) is 72.6 cm³/mol. The Labute approximate surface area is 111 Å². The standard InChI is InChI=1S/C14H19BrFN/c1-17-14(7-10-3-2-4-10)8-11-5-12(15)9-13(16)6-11/h5-6,9-10,14,17H,2-4,7-8H2,1H3. The molecule has 3 heteroatoms. The van der Waals surface area contributed by atoms with Crippen molar-refractivity contribution < 1.29 is 4.39 Å². The summed E-state index contributed by atoms with van der Waals surface area (Å²) < 4.78 is 14.1. The zero-order chi connectivity index (χ0) is 12.3. The Bertz CT molecular complexity index is 356. The van der Waals surface area contributed by atoms with E-state index in [1.165, 1.54) is 31.7 Å². The molecule has 1 aromatic carbocycles. The molecule has 2 rings (SSSR count). The maximum absolute atomic E-state index is 13.3. The Morgan fingerprint density at radius 3 is 2.71 bits per heavy atom. The largest absolute Gasteiger partial charge is 0.317 e. The number of nitrogens with one attached hydrogen (secondary N) is 1. The van der Waals surface area contributed by atoms with Crippen molar-refractivity contribution in [3.05, 3.63) is 34.1 Å². The topological polar surface area (TPSA) is 12.0 Å². The smallest absolute Gasteiger partial charge is 0.124 e. The SMILES string of the molecule is CNC(Cc1cc(F)cc(Br)c1)CC1CCC1. The quantitative estimate of drug-likeness (QED) is 0.869. The molecule has 1 nitrogen and oxygen atoms in total. The molecule has 1 saturated carbocycles. The Balaban J connectivity index is 1.96. The lowest BCUT2D eigenvalue weighted by molar-refractivity contribution is 0.263. The first kappa shape index (κ1) is 13.0. The average Bonchev–Trinajstić information content (AvgIpc) is 2.20. The zero-order valence-corrected chi connectivity index (χ0v) is 11.8. The summed E-state index contributed by atoms with van der Waals surface area (Å²) in [6, 6.07) is 5.61. The van der Waals surface area contributed by atoms with Crippen molar-refractivity contribution >= 4 is 15.9 Å². The van der Waals surface area contributed by atoms with Gasteiger partial charge in [-0.3, -0.25) is 0 Å². The van der Waals surface area contributed by atoms with Crippen LogP contribution >= 0.6 is 15.9 Å². The molecule has 0 saturated heterocycles. The molecular weight excluding hydrogens is 281 g/mol. The summed E-state index contributed by atoms with van der Waals surface area (Å²) in [6.07, 6.45) is 6.23. The van der Waals surface area contributed by atoms with Gasteiger partial charge in [-0.05, 0) is 49.6 Å². The van der Waals surface area contributed by atoms with E-state index < -0.39 is 0 Å². The molecule has 0 radical (unpaired) electrons. The fraction of sp³-hybridized carbons (Fsp3) is 0.571. The maximum Gasteiger partial charge on any atom is 0.124 e. The summed E-state index contributed by atoms with van der Waals surface area (Å²) in [5.74, 6) is 0.720. The van der Waals surface area contributed by atoms with Crippen molar-refractivity contribution in [2.75, 3.05) is 7.05 Å². The van der Waals surface area contributed by atoms with E-state index in [2.05, 4.69) is 21.2 Å². The maximum atomic E-state index is 13.3. The van der Waals surface area contributed by atoms with Crippen LogP contribution in [0.5, 0.6) is 0 Å². The van der Waals surface area contributed by atoms with Crippen LogP contribution in [0, 0.1) is 11.7 Å². The van der Waals surface area contributed by atoms with Gasteiger partial charge in [-0.2, -0.15) is 0 Å². The van der Waals surface area contributed by atoms with Crippen LogP contribution in [0.15, 0.2) is 22.7 Å². The molecule has 1 N–H and O–H groups in total. The number of halogens is 2. The molecule has 17 heavy (non-hydrogen) atoms.